The van der Waals surface area contributed by atoms with E-state index in [0.29, 0.717) is 0 Å². The van der Waals surface area contributed by atoms with Crippen LogP contribution in [-0.4, -0.2) is 20.4 Å². The highest BCUT2D eigenvalue weighted by Gasteiger charge is 2.13. The number of aromatic amines is 1. The zero-order valence-corrected chi connectivity index (χ0v) is 15.2. The fourth-order valence-electron chi connectivity index (χ4n) is 3.03. The van der Waals surface area contributed by atoms with Gasteiger partial charge < -0.3 is 4.98 Å². The van der Waals surface area contributed by atoms with Crippen molar-refractivity contribution >= 4 is 10.8 Å². The Morgan fingerprint density at radius 1 is 0.808 bits per heavy atom. The van der Waals surface area contributed by atoms with E-state index in [1.165, 1.54) is 0 Å². The van der Waals surface area contributed by atoms with E-state index in [0.717, 1.165) is 38.5 Å². The van der Waals surface area contributed by atoms with Crippen molar-refractivity contribution in [1.29, 1.82) is 0 Å². The van der Waals surface area contributed by atoms with Gasteiger partial charge in [0.15, 0.2) is 0 Å². The van der Waals surface area contributed by atoms with E-state index >= 15 is 0 Å². The molecule has 26 heavy (non-hydrogen) atoms. The highest BCUT2D eigenvalue weighted by atomic mass is 32.2. The molecule has 4 rings (SSSR count). The average Bonchev–Trinajstić information content (AvgIpc) is 3.15. The van der Waals surface area contributed by atoms with Gasteiger partial charge in [-0.25, -0.2) is 0 Å². The predicted octanol–water partition coefficient (Wildman–Crippen LogP) is 5.15. The van der Waals surface area contributed by atoms with Crippen LogP contribution in [0.1, 0.15) is 0 Å². The first kappa shape index (κ1) is 16.5. The molecule has 0 aliphatic heterocycles. The standard InChI is InChI=1S/C22H18N2OS/c1-26(25)19-9-7-18(8-10-19)22-20(16-11-13-23-14-12-16)15-21(24-22)17-5-3-2-4-6-17/h2-15,24H,1H3. The molecule has 3 nitrogen and oxygen atoms in total. The van der Waals surface area contributed by atoms with Gasteiger partial charge in [-0.2, -0.15) is 0 Å². The molecule has 2 aromatic carbocycles. The van der Waals surface area contributed by atoms with Crippen molar-refractivity contribution < 1.29 is 4.21 Å². The molecule has 1 unspecified atom stereocenters. The summed E-state index contributed by atoms with van der Waals surface area (Å²) in [5, 5.41) is 0. The van der Waals surface area contributed by atoms with Crippen LogP contribution in [0.3, 0.4) is 0 Å². The first-order valence-electron chi connectivity index (χ1n) is 8.35. The maximum absolute atomic E-state index is 11.7. The number of rotatable bonds is 4. The summed E-state index contributed by atoms with van der Waals surface area (Å²) in [6.07, 6.45) is 5.30. The lowest BCUT2D eigenvalue weighted by molar-refractivity contribution is 0.687. The van der Waals surface area contributed by atoms with E-state index in [9.17, 15) is 4.21 Å². The van der Waals surface area contributed by atoms with Crippen LogP contribution in [0.5, 0.6) is 0 Å². The Hall–Kier alpha value is -2.98. The zero-order valence-electron chi connectivity index (χ0n) is 14.3. The average molecular weight is 358 g/mol. The van der Waals surface area contributed by atoms with E-state index in [1.54, 1.807) is 18.6 Å². The van der Waals surface area contributed by atoms with Gasteiger partial charge in [0.05, 0.1) is 5.69 Å². The van der Waals surface area contributed by atoms with Gasteiger partial charge in [0.2, 0.25) is 0 Å². The molecule has 0 amide bonds. The lowest BCUT2D eigenvalue weighted by Crippen LogP contribution is -1.88. The van der Waals surface area contributed by atoms with E-state index in [1.807, 2.05) is 54.6 Å². The number of H-pyrrole nitrogens is 1. The van der Waals surface area contributed by atoms with Crippen molar-refractivity contribution in [3.8, 4) is 33.6 Å². The Kier molecular flexibility index (Phi) is 4.50. The van der Waals surface area contributed by atoms with Crippen LogP contribution in [0.4, 0.5) is 0 Å². The van der Waals surface area contributed by atoms with Gasteiger partial charge in [0, 0.05) is 45.6 Å². The Morgan fingerprint density at radius 2 is 1.50 bits per heavy atom. The molecule has 4 aromatic rings. The maximum Gasteiger partial charge on any atom is 0.0538 e. The summed E-state index contributed by atoms with van der Waals surface area (Å²) in [6.45, 7) is 0. The number of aromatic nitrogens is 2. The molecule has 4 heteroatoms. The van der Waals surface area contributed by atoms with Crippen LogP contribution < -0.4 is 0 Å². The quantitative estimate of drug-likeness (QED) is 0.548. The van der Waals surface area contributed by atoms with Crippen LogP contribution >= 0.6 is 0 Å². The van der Waals surface area contributed by atoms with E-state index < -0.39 is 10.8 Å². The summed E-state index contributed by atoms with van der Waals surface area (Å²) in [7, 11) is -0.978. The SMILES string of the molecule is CS(=O)c1ccc(-c2[nH]c(-c3ccccc3)cc2-c2ccncc2)cc1. The fourth-order valence-corrected chi connectivity index (χ4v) is 3.55. The van der Waals surface area contributed by atoms with Gasteiger partial charge >= 0.3 is 0 Å². The molecule has 0 aliphatic rings. The molecule has 0 saturated heterocycles. The van der Waals surface area contributed by atoms with Crippen LogP contribution in [0.25, 0.3) is 33.6 Å². The van der Waals surface area contributed by atoms with Crippen molar-refractivity contribution in [2.75, 3.05) is 6.26 Å². The van der Waals surface area contributed by atoms with Crippen LogP contribution in [0.15, 0.2) is 90.1 Å². The van der Waals surface area contributed by atoms with Gasteiger partial charge in [-0.05, 0) is 47.0 Å². The Balaban J connectivity index is 1.87. The molecule has 0 bridgehead atoms. The second-order valence-electron chi connectivity index (χ2n) is 6.05. The molecular weight excluding hydrogens is 340 g/mol. The van der Waals surface area contributed by atoms with E-state index in [2.05, 4.69) is 28.2 Å². The molecule has 0 radical (unpaired) electrons. The first-order chi connectivity index (χ1) is 12.7. The topological polar surface area (TPSA) is 45.8 Å². The third-order valence-corrected chi connectivity index (χ3v) is 5.30. The molecule has 2 aromatic heterocycles. The number of benzene rings is 2. The maximum atomic E-state index is 11.7. The van der Waals surface area contributed by atoms with Crippen molar-refractivity contribution in [1.82, 2.24) is 9.97 Å². The van der Waals surface area contributed by atoms with Crippen molar-refractivity contribution in [2.45, 2.75) is 4.90 Å². The molecule has 0 fully saturated rings. The van der Waals surface area contributed by atoms with Crippen molar-refractivity contribution in [3.05, 3.63) is 85.2 Å². The Bertz CT molecular complexity index is 1040. The number of hydrogen-bond acceptors (Lipinski definition) is 2. The van der Waals surface area contributed by atoms with Crippen LogP contribution in [0, 0.1) is 0 Å². The second-order valence-corrected chi connectivity index (χ2v) is 7.43. The van der Waals surface area contributed by atoms with Crippen molar-refractivity contribution in [3.63, 3.8) is 0 Å². The minimum atomic E-state index is -0.978. The molecule has 1 atom stereocenters. The molecule has 0 saturated carbocycles. The lowest BCUT2D eigenvalue weighted by Gasteiger charge is -2.05. The summed E-state index contributed by atoms with van der Waals surface area (Å²) < 4.78 is 11.7. The highest BCUT2D eigenvalue weighted by Crippen LogP contribution is 2.35. The summed E-state index contributed by atoms with van der Waals surface area (Å²) in [6, 6.07) is 24.3. The minimum absolute atomic E-state index is 0.828. The van der Waals surface area contributed by atoms with Gasteiger partial charge in [-0.1, -0.05) is 42.5 Å². The third kappa shape index (κ3) is 3.24. The van der Waals surface area contributed by atoms with E-state index in [-0.39, 0.29) is 0 Å². The van der Waals surface area contributed by atoms with Crippen molar-refractivity contribution in [2.24, 2.45) is 0 Å². The summed E-state index contributed by atoms with van der Waals surface area (Å²) in [5.41, 5.74) is 6.54. The number of nitrogens with one attached hydrogen (secondary N) is 1. The second kappa shape index (κ2) is 7.10. The molecule has 0 aliphatic carbocycles. The van der Waals surface area contributed by atoms with Crippen LogP contribution in [-0.2, 0) is 10.8 Å². The molecular formula is C22H18N2OS. The monoisotopic (exact) mass is 358 g/mol. The first-order valence-corrected chi connectivity index (χ1v) is 9.91. The molecule has 128 valence electrons. The summed E-state index contributed by atoms with van der Waals surface area (Å²) >= 11 is 0. The van der Waals surface area contributed by atoms with Gasteiger partial charge in [0.1, 0.15) is 0 Å². The van der Waals surface area contributed by atoms with Gasteiger partial charge in [-0.3, -0.25) is 9.19 Å². The minimum Gasteiger partial charge on any atom is -0.354 e. The zero-order chi connectivity index (χ0) is 17.9. The summed E-state index contributed by atoms with van der Waals surface area (Å²) in [5.74, 6) is 0. The van der Waals surface area contributed by atoms with Crippen LogP contribution in [0.2, 0.25) is 0 Å². The third-order valence-electron chi connectivity index (χ3n) is 4.37. The normalized spacial score (nSPS) is 12.0. The Morgan fingerprint density at radius 3 is 2.15 bits per heavy atom. The van der Waals surface area contributed by atoms with Gasteiger partial charge in [0.25, 0.3) is 0 Å². The smallest absolute Gasteiger partial charge is 0.0538 e. The number of hydrogen-bond donors (Lipinski definition) is 1. The summed E-state index contributed by atoms with van der Waals surface area (Å²) in [4.78, 5) is 8.52. The molecule has 2 heterocycles. The number of nitrogens with zero attached hydrogens (tertiary/aromatic N) is 1. The lowest BCUT2D eigenvalue weighted by atomic mass is 10.0. The van der Waals surface area contributed by atoms with E-state index in [4.69, 9.17) is 0 Å². The Labute approximate surface area is 155 Å². The molecule has 0 spiro atoms. The fraction of sp³-hybridized carbons (Fsp3) is 0.0455. The van der Waals surface area contributed by atoms with Gasteiger partial charge in [-0.15, -0.1) is 0 Å². The highest BCUT2D eigenvalue weighted by molar-refractivity contribution is 7.84. The molecule has 1 N–H and O–H groups in total. The largest absolute Gasteiger partial charge is 0.354 e. The predicted molar refractivity (Wildman–Crippen MR) is 107 cm³/mol. The number of pyridine rings is 1.